The number of hydrogen-bond acceptors (Lipinski definition) is 4. The summed E-state index contributed by atoms with van der Waals surface area (Å²) in [6.07, 6.45) is 0. The molecule has 26 heavy (non-hydrogen) atoms. The van der Waals surface area contributed by atoms with Gasteiger partial charge in [0.05, 0.1) is 16.3 Å². The van der Waals surface area contributed by atoms with Gasteiger partial charge >= 0.3 is 5.97 Å². The maximum absolute atomic E-state index is 12.2. The molecule has 0 spiro atoms. The molecule has 0 radical (unpaired) electrons. The maximum atomic E-state index is 12.2. The number of nitrogens with two attached hydrogens (primary N) is 1. The Bertz CT molecular complexity index is 853. The predicted octanol–water partition coefficient (Wildman–Crippen LogP) is 4.01. The summed E-state index contributed by atoms with van der Waals surface area (Å²) >= 11 is 11.8. The lowest BCUT2D eigenvalue weighted by atomic mass is 10.1. The number of carbonyl (C=O) groups excluding carboxylic acids is 2. The molecule has 0 aliphatic carbocycles. The zero-order valence-electron chi connectivity index (χ0n) is 14.8. The molecule has 0 saturated heterocycles. The Morgan fingerprint density at radius 3 is 2.50 bits per heavy atom. The van der Waals surface area contributed by atoms with Gasteiger partial charge in [-0.15, -0.1) is 0 Å². The van der Waals surface area contributed by atoms with E-state index in [-0.39, 0.29) is 27.2 Å². The van der Waals surface area contributed by atoms with Crippen LogP contribution < -0.4 is 5.73 Å². The Balaban J connectivity index is 1.98. The summed E-state index contributed by atoms with van der Waals surface area (Å²) in [6.45, 7) is 4.03. The van der Waals surface area contributed by atoms with E-state index in [4.69, 9.17) is 33.7 Å². The molecule has 0 unspecified atom stereocenters. The van der Waals surface area contributed by atoms with Crippen LogP contribution in [0.1, 0.15) is 27.0 Å². The standard InChI is InChI=1S/C19H20Cl2N2O3/c1-11-4-5-13(12(2)6-11)9-23(3)17(24)10-26-19(25)15-7-14(20)8-16(21)18(15)22/h4-8H,9-10,22H2,1-3H3. The summed E-state index contributed by atoms with van der Waals surface area (Å²) < 4.78 is 5.06. The number of hydrogen-bond donors (Lipinski definition) is 1. The van der Waals surface area contributed by atoms with E-state index in [1.54, 1.807) is 7.05 Å². The molecule has 2 N–H and O–H groups in total. The van der Waals surface area contributed by atoms with Gasteiger partial charge in [-0.1, -0.05) is 47.0 Å². The lowest BCUT2D eigenvalue weighted by molar-refractivity contribution is -0.133. The number of anilines is 1. The Morgan fingerprint density at radius 2 is 1.85 bits per heavy atom. The van der Waals surface area contributed by atoms with Crippen molar-refractivity contribution in [2.45, 2.75) is 20.4 Å². The minimum atomic E-state index is -0.750. The van der Waals surface area contributed by atoms with Gasteiger partial charge in [-0.3, -0.25) is 4.79 Å². The van der Waals surface area contributed by atoms with Crippen molar-refractivity contribution in [3.8, 4) is 0 Å². The lowest BCUT2D eigenvalue weighted by Gasteiger charge is -2.19. The van der Waals surface area contributed by atoms with Crippen molar-refractivity contribution < 1.29 is 14.3 Å². The van der Waals surface area contributed by atoms with Gasteiger partial charge in [0.1, 0.15) is 0 Å². The molecular weight excluding hydrogens is 375 g/mol. The van der Waals surface area contributed by atoms with E-state index in [0.29, 0.717) is 6.54 Å². The van der Waals surface area contributed by atoms with Crippen LogP contribution in [0.2, 0.25) is 10.0 Å². The molecule has 2 rings (SSSR count). The zero-order chi connectivity index (χ0) is 19.4. The van der Waals surface area contributed by atoms with E-state index in [1.807, 2.05) is 26.0 Å². The molecule has 0 heterocycles. The highest BCUT2D eigenvalue weighted by Gasteiger charge is 2.18. The zero-order valence-corrected chi connectivity index (χ0v) is 16.3. The summed E-state index contributed by atoms with van der Waals surface area (Å²) in [7, 11) is 1.65. The van der Waals surface area contributed by atoms with Crippen LogP contribution >= 0.6 is 23.2 Å². The average molecular weight is 395 g/mol. The first-order valence-corrected chi connectivity index (χ1v) is 8.66. The summed E-state index contributed by atoms with van der Waals surface area (Å²) in [5.74, 6) is -1.08. The van der Waals surface area contributed by atoms with E-state index >= 15 is 0 Å². The Kier molecular flexibility index (Phi) is 6.51. The number of aryl methyl sites for hydroxylation is 2. The molecule has 138 valence electrons. The molecule has 0 saturated carbocycles. The molecule has 7 heteroatoms. The van der Waals surface area contributed by atoms with Crippen LogP contribution in [0.15, 0.2) is 30.3 Å². The van der Waals surface area contributed by atoms with Crippen LogP contribution in [0.3, 0.4) is 0 Å². The smallest absolute Gasteiger partial charge is 0.340 e. The molecule has 2 aromatic rings. The fraction of sp³-hybridized carbons (Fsp3) is 0.263. The SMILES string of the molecule is Cc1ccc(CN(C)C(=O)COC(=O)c2cc(Cl)cc(Cl)c2N)c(C)c1. The molecule has 2 aromatic carbocycles. The Labute approximate surface area is 162 Å². The van der Waals surface area contributed by atoms with Crippen LogP contribution in [-0.4, -0.2) is 30.4 Å². The van der Waals surface area contributed by atoms with Crippen LogP contribution in [0.5, 0.6) is 0 Å². The average Bonchev–Trinajstić information content (AvgIpc) is 2.57. The van der Waals surface area contributed by atoms with E-state index in [9.17, 15) is 9.59 Å². The number of esters is 1. The molecule has 0 aromatic heterocycles. The van der Waals surface area contributed by atoms with Crippen molar-refractivity contribution >= 4 is 40.8 Å². The van der Waals surface area contributed by atoms with Gasteiger partial charge in [0.2, 0.25) is 0 Å². The Hall–Kier alpha value is -2.24. The van der Waals surface area contributed by atoms with Gasteiger partial charge in [-0.2, -0.15) is 0 Å². The minimum Gasteiger partial charge on any atom is -0.452 e. The maximum Gasteiger partial charge on any atom is 0.340 e. The van der Waals surface area contributed by atoms with Crippen LogP contribution in [0.4, 0.5) is 5.69 Å². The van der Waals surface area contributed by atoms with Gasteiger partial charge in [0, 0.05) is 18.6 Å². The van der Waals surface area contributed by atoms with Crippen molar-refractivity contribution in [2.24, 2.45) is 0 Å². The largest absolute Gasteiger partial charge is 0.452 e. The van der Waals surface area contributed by atoms with E-state index in [2.05, 4.69) is 6.07 Å². The summed E-state index contributed by atoms with van der Waals surface area (Å²) in [6, 6.07) is 8.81. The first-order chi connectivity index (χ1) is 12.2. The fourth-order valence-corrected chi connectivity index (χ4v) is 2.93. The van der Waals surface area contributed by atoms with Crippen LogP contribution in [0.25, 0.3) is 0 Å². The molecular formula is C19H20Cl2N2O3. The van der Waals surface area contributed by atoms with Gasteiger partial charge in [0.15, 0.2) is 6.61 Å². The molecule has 1 amide bonds. The topological polar surface area (TPSA) is 72.6 Å². The number of benzene rings is 2. The number of likely N-dealkylation sites (N-methyl/N-ethyl adjacent to an activating group) is 1. The van der Waals surface area contributed by atoms with Crippen molar-refractivity contribution in [3.05, 3.63) is 62.6 Å². The van der Waals surface area contributed by atoms with Gasteiger partial charge < -0.3 is 15.4 Å². The number of carbonyl (C=O) groups is 2. The molecule has 0 fully saturated rings. The molecule has 0 aliphatic heterocycles. The molecule has 0 aliphatic rings. The fourth-order valence-electron chi connectivity index (χ4n) is 2.44. The second kappa shape index (κ2) is 8.43. The highest BCUT2D eigenvalue weighted by atomic mass is 35.5. The third kappa shape index (κ3) is 4.90. The number of rotatable bonds is 5. The van der Waals surface area contributed by atoms with Crippen molar-refractivity contribution in [1.82, 2.24) is 4.90 Å². The molecule has 0 atom stereocenters. The van der Waals surface area contributed by atoms with Crippen molar-refractivity contribution in [1.29, 1.82) is 0 Å². The van der Waals surface area contributed by atoms with E-state index in [0.717, 1.165) is 16.7 Å². The number of ether oxygens (including phenoxy) is 1. The second-order valence-electron chi connectivity index (χ2n) is 6.10. The molecule has 0 bridgehead atoms. The number of nitrogens with zero attached hydrogens (tertiary/aromatic N) is 1. The molecule has 5 nitrogen and oxygen atoms in total. The monoisotopic (exact) mass is 394 g/mol. The quantitative estimate of drug-likeness (QED) is 0.614. The Morgan fingerprint density at radius 1 is 1.15 bits per heavy atom. The highest BCUT2D eigenvalue weighted by molar-refractivity contribution is 6.37. The normalized spacial score (nSPS) is 10.5. The van der Waals surface area contributed by atoms with Crippen molar-refractivity contribution in [2.75, 3.05) is 19.4 Å². The van der Waals surface area contributed by atoms with Crippen LogP contribution in [0, 0.1) is 13.8 Å². The summed E-state index contributed by atoms with van der Waals surface area (Å²) in [5, 5.41) is 0.414. The number of nitrogen functional groups attached to an aromatic ring is 1. The third-order valence-corrected chi connectivity index (χ3v) is 4.50. The predicted molar refractivity (Wildman–Crippen MR) is 104 cm³/mol. The number of halogens is 2. The van der Waals surface area contributed by atoms with E-state index < -0.39 is 12.6 Å². The van der Waals surface area contributed by atoms with Gasteiger partial charge in [0.25, 0.3) is 5.91 Å². The lowest BCUT2D eigenvalue weighted by Crippen LogP contribution is -2.31. The van der Waals surface area contributed by atoms with Crippen LogP contribution in [-0.2, 0) is 16.1 Å². The highest BCUT2D eigenvalue weighted by Crippen LogP contribution is 2.28. The third-order valence-electron chi connectivity index (χ3n) is 3.97. The summed E-state index contributed by atoms with van der Waals surface area (Å²) in [5.41, 5.74) is 9.15. The minimum absolute atomic E-state index is 0.0346. The second-order valence-corrected chi connectivity index (χ2v) is 6.95. The first-order valence-electron chi connectivity index (χ1n) is 7.90. The van der Waals surface area contributed by atoms with Crippen molar-refractivity contribution in [3.63, 3.8) is 0 Å². The van der Waals surface area contributed by atoms with Gasteiger partial charge in [-0.25, -0.2) is 4.79 Å². The first kappa shape index (κ1) is 20.1. The van der Waals surface area contributed by atoms with E-state index in [1.165, 1.54) is 17.0 Å². The van der Waals surface area contributed by atoms with Gasteiger partial charge in [-0.05, 0) is 37.1 Å². The number of amides is 1. The summed E-state index contributed by atoms with van der Waals surface area (Å²) in [4.78, 5) is 25.9.